The molecule has 1 aromatic rings. The van der Waals surface area contributed by atoms with Gasteiger partial charge >= 0.3 is 0 Å². The topological polar surface area (TPSA) is 24.5 Å². The molecule has 1 aliphatic carbocycles. The molecule has 122 valence electrons. The molecule has 1 unspecified atom stereocenters. The summed E-state index contributed by atoms with van der Waals surface area (Å²) in [7, 11) is 0. The molecule has 0 amide bonds. The van der Waals surface area contributed by atoms with Gasteiger partial charge in [-0.3, -0.25) is 0 Å². The van der Waals surface area contributed by atoms with Crippen molar-refractivity contribution in [1.29, 1.82) is 0 Å². The molecule has 0 bridgehead atoms. The first-order valence-electron chi connectivity index (χ1n) is 9.01. The van der Waals surface area contributed by atoms with Gasteiger partial charge in [-0.15, -0.1) is 0 Å². The molecule has 0 aromatic heterocycles. The summed E-state index contributed by atoms with van der Waals surface area (Å²) in [5, 5.41) is 3.63. The van der Waals surface area contributed by atoms with Gasteiger partial charge < -0.3 is 15.0 Å². The minimum Gasteiger partial charge on any atom is -0.493 e. The highest BCUT2D eigenvalue weighted by Crippen LogP contribution is 2.22. The van der Waals surface area contributed by atoms with E-state index in [2.05, 4.69) is 41.4 Å². The van der Waals surface area contributed by atoms with Crippen LogP contribution in [0.2, 0.25) is 0 Å². The number of ether oxygens (including phenoxy) is 1. The smallest absolute Gasteiger partial charge is 0.123 e. The molecule has 1 aliphatic heterocycles. The Balaban J connectivity index is 1.41. The predicted octanol–water partition coefficient (Wildman–Crippen LogP) is 3.58. The van der Waals surface area contributed by atoms with Gasteiger partial charge in [0.05, 0.1) is 6.61 Å². The number of para-hydroxylation sites is 1. The second-order valence-electron chi connectivity index (χ2n) is 6.85. The second kappa shape index (κ2) is 7.98. The summed E-state index contributed by atoms with van der Waals surface area (Å²) >= 11 is 0. The molecule has 1 N–H and O–H groups in total. The number of hydrogen-bond donors (Lipinski definition) is 1. The standard InChI is InChI=1S/C19H30N2O/c1-16-7-5-12-21(16)13-6-14-22-19-11-3-2-8-17(19)15-20-18-9-4-10-18/h2-3,8,11,16,18,20H,4-7,9-10,12-15H2,1H3. The monoisotopic (exact) mass is 302 g/mol. The van der Waals surface area contributed by atoms with E-state index >= 15 is 0 Å². The molecule has 1 atom stereocenters. The molecule has 2 aliphatic rings. The van der Waals surface area contributed by atoms with Crippen molar-refractivity contribution in [2.75, 3.05) is 19.7 Å². The molecular weight excluding hydrogens is 272 g/mol. The first-order valence-corrected chi connectivity index (χ1v) is 9.01. The van der Waals surface area contributed by atoms with Crippen LogP contribution in [0.25, 0.3) is 0 Å². The summed E-state index contributed by atoms with van der Waals surface area (Å²) in [6.07, 6.45) is 7.88. The van der Waals surface area contributed by atoms with Gasteiger partial charge in [0, 0.05) is 30.7 Å². The third-order valence-electron chi connectivity index (χ3n) is 5.20. The Morgan fingerprint density at radius 2 is 2.05 bits per heavy atom. The van der Waals surface area contributed by atoms with Gasteiger partial charge in [-0.2, -0.15) is 0 Å². The van der Waals surface area contributed by atoms with Gasteiger partial charge in [0.15, 0.2) is 0 Å². The van der Waals surface area contributed by atoms with E-state index in [1.807, 2.05) is 0 Å². The first-order chi connectivity index (χ1) is 10.8. The Labute approximate surface area is 135 Å². The Bertz CT molecular complexity index is 459. The molecule has 22 heavy (non-hydrogen) atoms. The van der Waals surface area contributed by atoms with Crippen LogP contribution in [0.1, 0.15) is 51.0 Å². The van der Waals surface area contributed by atoms with Crippen LogP contribution in [0.3, 0.4) is 0 Å². The molecule has 0 spiro atoms. The van der Waals surface area contributed by atoms with Crippen LogP contribution in [-0.2, 0) is 6.54 Å². The van der Waals surface area contributed by atoms with Gasteiger partial charge in [-0.05, 0) is 51.6 Å². The van der Waals surface area contributed by atoms with Crippen molar-refractivity contribution in [2.24, 2.45) is 0 Å². The summed E-state index contributed by atoms with van der Waals surface area (Å²) < 4.78 is 6.05. The lowest BCUT2D eigenvalue weighted by molar-refractivity contribution is 0.229. The fourth-order valence-electron chi connectivity index (χ4n) is 3.43. The zero-order valence-electron chi connectivity index (χ0n) is 13.9. The maximum atomic E-state index is 6.05. The van der Waals surface area contributed by atoms with E-state index in [0.29, 0.717) is 0 Å². The van der Waals surface area contributed by atoms with Crippen molar-refractivity contribution in [3.8, 4) is 5.75 Å². The Hall–Kier alpha value is -1.06. The third kappa shape index (κ3) is 4.23. The van der Waals surface area contributed by atoms with E-state index in [0.717, 1.165) is 37.4 Å². The molecule has 1 saturated carbocycles. The van der Waals surface area contributed by atoms with Crippen LogP contribution in [0.5, 0.6) is 5.75 Å². The second-order valence-corrected chi connectivity index (χ2v) is 6.85. The van der Waals surface area contributed by atoms with Gasteiger partial charge in [0.1, 0.15) is 5.75 Å². The van der Waals surface area contributed by atoms with E-state index in [-0.39, 0.29) is 0 Å². The minimum absolute atomic E-state index is 0.727. The normalized spacial score (nSPS) is 22.7. The average molecular weight is 302 g/mol. The van der Waals surface area contributed by atoms with Crippen molar-refractivity contribution >= 4 is 0 Å². The average Bonchev–Trinajstić information content (AvgIpc) is 2.89. The van der Waals surface area contributed by atoms with Crippen molar-refractivity contribution in [3.63, 3.8) is 0 Å². The van der Waals surface area contributed by atoms with Gasteiger partial charge in [-0.25, -0.2) is 0 Å². The lowest BCUT2D eigenvalue weighted by Crippen LogP contribution is -2.34. The lowest BCUT2D eigenvalue weighted by atomic mass is 9.93. The summed E-state index contributed by atoms with van der Waals surface area (Å²) in [5.41, 5.74) is 1.30. The molecule has 2 fully saturated rings. The molecular formula is C19H30N2O. The van der Waals surface area contributed by atoms with E-state index in [4.69, 9.17) is 4.74 Å². The number of hydrogen-bond acceptors (Lipinski definition) is 3. The summed E-state index contributed by atoms with van der Waals surface area (Å²) in [5.74, 6) is 1.06. The minimum atomic E-state index is 0.727. The van der Waals surface area contributed by atoms with Crippen molar-refractivity contribution in [2.45, 2.75) is 64.1 Å². The SMILES string of the molecule is CC1CCCN1CCCOc1ccccc1CNC1CCC1. The summed E-state index contributed by atoms with van der Waals surface area (Å²) in [4.78, 5) is 2.59. The Morgan fingerprint density at radius 3 is 2.77 bits per heavy atom. The van der Waals surface area contributed by atoms with Crippen molar-refractivity contribution in [3.05, 3.63) is 29.8 Å². The third-order valence-corrected chi connectivity index (χ3v) is 5.20. The molecule has 3 nitrogen and oxygen atoms in total. The number of benzene rings is 1. The van der Waals surface area contributed by atoms with E-state index < -0.39 is 0 Å². The van der Waals surface area contributed by atoms with Gasteiger partial charge in [-0.1, -0.05) is 24.6 Å². The number of nitrogens with zero attached hydrogens (tertiary/aromatic N) is 1. The zero-order valence-corrected chi connectivity index (χ0v) is 13.9. The van der Waals surface area contributed by atoms with Crippen LogP contribution < -0.4 is 10.1 Å². The number of nitrogens with one attached hydrogen (secondary N) is 1. The number of likely N-dealkylation sites (tertiary alicyclic amines) is 1. The highest BCUT2D eigenvalue weighted by Gasteiger charge is 2.19. The van der Waals surface area contributed by atoms with Crippen molar-refractivity contribution in [1.82, 2.24) is 10.2 Å². The van der Waals surface area contributed by atoms with Crippen LogP contribution in [0.4, 0.5) is 0 Å². The van der Waals surface area contributed by atoms with E-state index in [1.165, 1.54) is 50.8 Å². The van der Waals surface area contributed by atoms with Crippen LogP contribution >= 0.6 is 0 Å². The molecule has 3 heteroatoms. The highest BCUT2D eigenvalue weighted by atomic mass is 16.5. The first kappa shape index (κ1) is 15.8. The van der Waals surface area contributed by atoms with Gasteiger partial charge in [0.25, 0.3) is 0 Å². The molecule has 1 heterocycles. The summed E-state index contributed by atoms with van der Waals surface area (Å²) in [6.45, 7) is 6.54. The van der Waals surface area contributed by atoms with E-state index in [9.17, 15) is 0 Å². The molecule has 3 rings (SSSR count). The maximum absolute atomic E-state index is 6.05. The summed E-state index contributed by atoms with van der Waals surface area (Å²) in [6, 6.07) is 9.96. The Kier molecular flexibility index (Phi) is 5.74. The van der Waals surface area contributed by atoms with Gasteiger partial charge in [0.2, 0.25) is 0 Å². The Morgan fingerprint density at radius 1 is 1.18 bits per heavy atom. The fraction of sp³-hybridized carbons (Fsp3) is 0.684. The molecule has 0 radical (unpaired) electrons. The van der Waals surface area contributed by atoms with Crippen LogP contribution in [0, 0.1) is 0 Å². The largest absolute Gasteiger partial charge is 0.493 e. The number of rotatable bonds is 8. The van der Waals surface area contributed by atoms with E-state index in [1.54, 1.807) is 0 Å². The van der Waals surface area contributed by atoms with Crippen molar-refractivity contribution < 1.29 is 4.74 Å². The maximum Gasteiger partial charge on any atom is 0.123 e. The lowest BCUT2D eigenvalue weighted by Gasteiger charge is -2.27. The zero-order chi connectivity index (χ0) is 15.2. The fourth-order valence-corrected chi connectivity index (χ4v) is 3.43. The molecule has 1 saturated heterocycles. The predicted molar refractivity (Wildman–Crippen MR) is 91.3 cm³/mol. The highest BCUT2D eigenvalue weighted by molar-refractivity contribution is 5.33. The van der Waals surface area contributed by atoms with Crippen LogP contribution in [-0.4, -0.2) is 36.7 Å². The quantitative estimate of drug-likeness (QED) is 0.743. The van der Waals surface area contributed by atoms with Crippen LogP contribution in [0.15, 0.2) is 24.3 Å². The molecule has 1 aromatic carbocycles.